The molecule has 9 rings (SSSR count). The quantitative estimate of drug-likeness (QED) is 0.0299. The minimum atomic E-state index is -0.977. The lowest BCUT2D eigenvalue weighted by Gasteiger charge is -2.38. The van der Waals surface area contributed by atoms with Crippen molar-refractivity contribution in [3.8, 4) is 22.2 Å². The second-order valence-electron chi connectivity index (χ2n) is 24.8. The van der Waals surface area contributed by atoms with Gasteiger partial charge in [0, 0.05) is 88.0 Å². The lowest BCUT2D eigenvalue weighted by molar-refractivity contribution is -0.144. The van der Waals surface area contributed by atoms with E-state index in [0.717, 1.165) is 94.1 Å². The molecular weight excluding hydrogens is 1180 g/mol. The molecule has 0 bridgehead atoms. The van der Waals surface area contributed by atoms with Crippen LogP contribution in [0.2, 0.25) is 0 Å². The van der Waals surface area contributed by atoms with E-state index in [1.165, 1.54) is 11.0 Å². The number of nitrogens with one attached hydrogen (secondary N) is 2. The maximum absolute atomic E-state index is 14.1. The van der Waals surface area contributed by atoms with Crippen molar-refractivity contribution >= 4 is 57.2 Å². The Morgan fingerprint density at radius 3 is 2.11 bits per heavy atom. The van der Waals surface area contributed by atoms with Crippen LogP contribution >= 0.6 is 11.3 Å². The molecule has 4 N–H and O–H groups in total. The highest BCUT2D eigenvalue weighted by Gasteiger charge is 2.45. The lowest BCUT2D eigenvalue weighted by atomic mass is 9.85. The highest BCUT2D eigenvalue weighted by molar-refractivity contribution is 7.13. The number of piperazine rings is 1. The third kappa shape index (κ3) is 19.1. The Bertz CT molecular complexity index is 3200. The molecule has 4 amide bonds. The third-order valence-electron chi connectivity index (χ3n) is 17.0. The molecule has 91 heavy (non-hydrogen) atoms. The molecule has 494 valence electrons. The van der Waals surface area contributed by atoms with Crippen molar-refractivity contribution in [1.82, 2.24) is 40.3 Å². The molecule has 0 spiro atoms. The Kier molecular flexibility index (Phi) is 24.9. The van der Waals surface area contributed by atoms with Gasteiger partial charge in [0.25, 0.3) is 0 Å². The van der Waals surface area contributed by atoms with Gasteiger partial charge in [-0.05, 0) is 74.1 Å². The van der Waals surface area contributed by atoms with Crippen LogP contribution in [0.3, 0.4) is 0 Å². The lowest BCUT2D eigenvalue weighted by Crippen LogP contribution is -2.58. The number of aryl methyl sites for hydroxylation is 1. The first-order valence-corrected chi connectivity index (χ1v) is 32.8. The molecule has 4 aliphatic rings. The molecule has 3 saturated heterocycles. The number of ether oxygens (including phenoxy) is 7. The minimum absolute atomic E-state index is 0.0257. The summed E-state index contributed by atoms with van der Waals surface area (Å²) in [5.74, 6) is -0.290. The Morgan fingerprint density at radius 1 is 0.802 bits per heavy atom. The Morgan fingerprint density at radius 2 is 1.46 bits per heavy atom. The van der Waals surface area contributed by atoms with Crippen LogP contribution in [0.25, 0.3) is 21.2 Å². The number of phenolic OH excluding ortho intramolecular Hbond substituents is 1. The van der Waals surface area contributed by atoms with Gasteiger partial charge in [0.2, 0.25) is 23.6 Å². The average molecular weight is 1280 g/mol. The Hall–Kier alpha value is -6.87. The molecule has 24 heteroatoms. The number of aliphatic hydroxyl groups excluding tert-OH is 1. The first kappa shape index (κ1) is 68.5. The summed E-state index contributed by atoms with van der Waals surface area (Å²) in [5, 5.41) is 29.2. The number of anilines is 2. The number of aromatic nitrogens is 3. The van der Waals surface area contributed by atoms with Crippen molar-refractivity contribution in [2.45, 2.75) is 110 Å². The molecule has 23 nitrogen and oxygen atoms in total. The summed E-state index contributed by atoms with van der Waals surface area (Å²) in [6.07, 6.45) is 3.08. The van der Waals surface area contributed by atoms with E-state index in [1.807, 2.05) is 93.6 Å². The summed E-state index contributed by atoms with van der Waals surface area (Å²) in [7, 11) is 0. The number of hydrogen-bond donors (Lipinski definition) is 4. The number of aromatic hydroxyl groups is 1. The Balaban J connectivity index is 0.592. The Labute approximate surface area is 538 Å². The minimum Gasteiger partial charge on any atom is -0.508 e. The van der Waals surface area contributed by atoms with Crippen LogP contribution in [-0.2, 0) is 60.6 Å². The fourth-order valence-corrected chi connectivity index (χ4v) is 12.9. The zero-order valence-corrected chi connectivity index (χ0v) is 54.5. The summed E-state index contributed by atoms with van der Waals surface area (Å²) < 4.78 is 41.0. The van der Waals surface area contributed by atoms with Crippen molar-refractivity contribution in [2.24, 2.45) is 5.41 Å². The summed E-state index contributed by atoms with van der Waals surface area (Å²) in [4.78, 5) is 78.9. The molecule has 3 fully saturated rings. The van der Waals surface area contributed by atoms with Gasteiger partial charge in [0.15, 0.2) is 0 Å². The number of aliphatic hydroxyl groups is 1. The molecule has 5 aromatic rings. The van der Waals surface area contributed by atoms with Crippen LogP contribution in [0.4, 0.5) is 11.5 Å². The fourth-order valence-electron chi connectivity index (χ4n) is 12.1. The molecule has 0 saturated carbocycles. The van der Waals surface area contributed by atoms with Crippen LogP contribution < -0.4 is 25.2 Å². The van der Waals surface area contributed by atoms with E-state index in [9.17, 15) is 29.4 Å². The van der Waals surface area contributed by atoms with Gasteiger partial charge >= 0.3 is 6.01 Å². The second kappa shape index (κ2) is 33.1. The second-order valence-corrected chi connectivity index (χ2v) is 25.7. The number of phenols is 1. The summed E-state index contributed by atoms with van der Waals surface area (Å²) in [6, 6.07) is 17.7. The van der Waals surface area contributed by atoms with E-state index in [4.69, 9.17) is 43.1 Å². The van der Waals surface area contributed by atoms with Crippen molar-refractivity contribution in [3.63, 3.8) is 0 Å². The monoisotopic (exact) mass is 1280 g/mol. The van der Waals surface area contributed by atoms with Gasteiger partial charge in [-0.3, -0.25) is 24.1 Å². The van der Waals surface area contributed by atoms with Gasteiger partial charge in [0.05, 0.1) is 113 Å². The number of piperidine rings is 1. The molecule has 3 aromatic carbocycles. The summed E-state index contributed by atoms with van der Waals surface area (Å²) >= 11 is 1.57. The summed E-state index contributed by atoms with van der Waals surface area (Å²) in [6.45, 7) is 24.7. The molecule has 0 radical (unpaired) electrons. The van der Waals surface area contributed by atoms with Crippen LogP contribution in [0.1, 0.15) is 82.4 Å². The fraction of sp³-hybridized carbons (Fsp3) is 0.567. The smallest absolute Gasteiger partial charge is 0.318 e. The van der Waals surface area contributed by atoms with Crippen LogP contribution in [0.15, 0.2) is 78.8 Å². The van der Waals surface area contributed by atoms with Gasteiger partial charge in [-0.2, -0.15) is 9.97 Å². The normalized spacial score (nSPS) is 18.5. The highest BCUT2D eigenvalue weighted by Crippen LogP contribution is 2.37. The maximum Gasteiger partial charge on any atom is 0.318 e. The van der Waals surface area contributed by atoms with Crippen LogP contribution in [-0.4, -0.2) is 225 Å². The van der Waals surface area contributed by atoms with E-state index in [-0.39, 0.29) is 68.6 Å². The number of thiazole rings is 1. The third-order valence-corrected chi connectivity index (χ3v) is 18.0. The van der Waals surface area contributed by atoms with Crippen molar-refractivity contribution in [2.75, 3.05) is 141 Å². The van der Waals surface area contributed by atoms with Crippen LogP contribution in [0, 0.1) is 12.3 Å². The number of benzene rings is 3. The topological polar surface area (TPSA) is 252 Å². The molecule has 4 aliphatic heterocycles. The van der Waals surface area contributed by atoms with E-state index in [2.05, 4.69) is 49.9 Å². The number of fused-ring (bicyclic) bond motifs is 2. The standard InChI is InChI=1S/C67H92N10O13S/c1-8-60(81)74-23-25-75(26-24-74)63-55-19-22-76(57-38-51(78)37-50-11-9-10-12-54(50)57)42-56(55)70-66(72-63)90-45(2)40-73-20-17-53(18-21-73)89-36-35-87-32-31-85-28-27-84-29-30-86-33-34-88-43-59(80)71-62(67(5,6)7)65(83)77-41-52(79)39-58(77)64(82)69-46(3)48-13-15-49(16-14-48)61-47(4)68-44-91-61/h8-16,37-38,44-46,52-53,58,62,78-79H,1,17-36,39-43H2,2-7H3,(H,69,82)(H,71,80)/t45-,46+,52-,58?,62-/m1/s1. The number of likely N-dealkylation sites (tertiary alicyclic amines) is 2. The van der Waals surface area contributed by atoms with Gasteiger partial charge in [-0.25, -0.2) is 4.98 Å². The van der Waals surface area contributed by atoms with Gasteiger partial charge in [0.1, 0.15) is 36.4 Å². The number of amides is 4. The first-order chi connectivity index (χ1) is 43.9. The highest BCUT2D eigenvalue weighted by atomic mass is 32.1. The molecule has 2 aromatic heterocycles. The van der Waals surface area contributed by atoms with Crippen molar-refractivity contribution in [1.29, 1.82) is 0 Å². The van der Waals surface area contributed by atoms with Gasteiger partial charge < -0.3 is 73.6 Å². The number of carbonyl (C=O) groups is 4. The maximum atomic E-state index is 14.1. The van der Waals surface area contributed by atoms with Gasteiger partial charge in [-0.15, -0.1) is 11.3 Å². The average Bonchev–Trinajstić information content (AvgIpc) is 1.73. The van der Waals surface area contributed by atoms with Crippen LogP contribution in [0.5, 0.6) is 11.8 Å². The molecule has 6 heterocycles. The first-order valence-electron chi connectivity index (χ1n) is 31.9. The number of nitrogens with zero attached hydrogens (tertiary/aromatic N) is 8. The molecule has 5 atom stereocenters. The molecular formula is C67H92N10O13S. The van der Waals surface area contributed by atoms with E-state index in [1.54, 1.807) is 17.4 Å². The van der Waals surface area contributed by atoms with E-state index >= 15 is 0 Å². The SMILES string of the molecule is C=CC(=O)N1CCN(c2nc(O[C@H](C)CN3CCC(OCCOCCOCCOCCOCCOCC(=O)N[C@H](C(=O)N4C[C@H](O)CC4C(=O)N[C@@H](C)c4ccc(-c5scnc5C)cc4)C(C)(C)C)CC3)nc3c2CCN(c2cc(O)cc4ccccc24)C3)CC1. The molecule has 1 unspecified atom stereocenters. The zero-order valence-electron chi connectivity index (χ0n) is 53.6. The zero-order chi connectivity index (χ0) is 64.4. The summed E-state index contributed by atoms with van der Waals surface area (Å²) in [5.41, 5.74) is 6.96. The van der Waals surface area contributed by atoms with E-state index < -0.39 is 35.4 Å². The number of carbonyl (C=O) groups excluding carboxylic acids is 4. The van der Waals surface area contributed by atoms with Crippen molar-refractivity contribution < 1.29 is 62.5 Å². The predicted octanol–water partition coefficient (Wildman–Crippen LogP) is 5.87. The predicted molar refractivity (Wildman–Crippen MR) is 347 cm³/mol. The number of rotatable bonds is 31. The number of β-amino-alcohol motifs (C(OH)–C–C–N with tert-alkyl or cyclic N) is 1. The van der Waals surface area contributed by atoms with E-state index in [0.29, 0.717) is 98.1 Å². The van der Waals surface area contributed by atoms with Crippen molar-refractivity contribution in [3.05, 3.63) is 101 Å². The number of hydrogen-bond acceptors (Lipinski definition) is 20. The van der Waals surface area contributed by atoms with Gasteiger partial charge in [-0.1, -0.05) is 75.9 Å². The molecule has 0 aliphatic carbocycles. The largest absolute Gasteiger partial charge is 0.508 e.